The number of nitrogens with zero attached hydrogens (tertiary/aromatic N) is 2. The van der Waals surface area contributed by atoms with Crippen LogP contribution in [0.2, 0.25) is 0 Å². The van der Waals surface area contributed by atoms with Gasteiger partial charge in [-0.25, -0.2) is 4.79 Å². The van der Waals surface area contributed by atoms with Gasteiger partial charge >= 0.3 is 5.97 Å². The molecule has 0 saturated carbocycles. The minimum atomic E-state index is -0.602. The largest absolute Gasteiger partial charge is 0.482 e. The van der Waals surface area contributed by atoms with E-state index in [1.165, 1.54) is 0 Å². The molecule has 2 amide bonds. The fourth-order valence-electron chi connectivity index (χ4n) is 3.22. The summed E-state index contributed by atoms with van der Waals surface area (Å²) in [5.74, 6) is -0.212. The van der Waals surface area contributed by atoms with Crippen LogP contribution in [0.4, 0.5) is 5.69 Å². The molecule has 1 saturated heterocycles. The van der Waals surface area contributed by atoms with Gasteiger partial charge in [0.05, 0.1) is 0 Å². The monoisotopic (exact) mass is 376 g/mol. The average Bonchev–Trinajstić information content (AvgIpc) is 3.04. The highest BCUT2D eigenvalue weighted by atomic mass is 16.6. The van der Waals surface area contributed by atoms with Crippen molar-refractivity contribution in [2.24, 2.45) is 0 Å². The van der Waals surface area contributed by atoms with Gasteiger partial charge < -0.3 is 19.3 Å². The molecule has 148 valence electrons. The number of hydrogen-bond donors (Lipinski definition) is 0. The maximum absolute atomic E-state index is 12.2. The summed E-state index contributed by atoms with van der Waals surface area (Å²) in [6.07, 6.45) is 1.44. The van der Waals surface area contributed by atoms with Gasteiger partial charge in [0.15, 0.2) is 13.2 Å². The van der Waals surface area contributed by atoms with Gasteiger partial charge in [0.25, 0.3) is 5.91 Å². The molecule has 2 rings (SSSR count). The molecule has 27 heavy (non-hydrogen) atoms. The van der Waals surface area contributed by atoms with Crippen LogP contribution in [-0.2, 0) is 19.1 Å². The van der Waals surface area contributed by atoms with Crippen LogP contribution in [0.15, 0.2) is 24.3 Å². The molecule has 0 N–H and O–H groups in total. The van der Waals surface area contributed by atoms with E-state index in [1.807, 2.05) is 27.7 Å². The van der Waals surface area contributed by atoms with Gasteiger partial charge in [-0.1, -0.05) is 0 Å². The van der Waals surface area contributed by atoms with Crippen molar-refractivity contribution < 1.29 is 23.9 Å². The highest BCUT2D eigenvalue weighted by molar-refractivity contribution is 5.95. The Morgan fingerprint density at radius 3 is 2.22 bits per heavy atom. The van der Waals surface area contributed by atoms with E-state index in [9.17, 15) is 14.4 Å². The highest BCUT2D eigenvalue weighted by Gasteiger charge is 2.22. The summed E-state index contributed by atoms with van der Waals surface area (Å²) in [6.45, 7) is 7.82. The lowest BCUT2D eigenvalue weighted by atomic mass is 10.2. The first kappa shape index (κ1) is 20.7. The first-order valence-electron chi connectivity index (χ1n) is 9.29. The molecule has 0 atom stereocenters. The van der Waals surface area contributed by atoms with Crippen LogP contribution < -0.4 is 9.64 Å². The summed E-state index contributed by atoms with van der Waals surface area (Å²) in [7, 11) is 0. The maximum Gasteiger partial charge on any atom is 0.344 e. The van der Waals surface area contributed by atoms with Gasteiger partial charge in [-0.2, -0.15) is 0 Å². The second-order valence-corrected chi connectivity index (χ2v) is 7.08. The smallest absolute Gasteiger partial charge is 0.344 e. The van der Waals surface area contributed by atoms with Crippen molar-refractivity contribution in [2.45, 2.75) is 52.6 Å². The van der Waals surface area contributed by atoms with Crippen LogP contribution in [0.25, 0.3) is 0 Å². The summed E-state index contributed by atoms with van der Waals surface area (Å²) in [5.41, 5.74) is 0.820. The Hall–Kier alpha value is -2.57. The van der Waals surface area contributed by atoms with Gasteiger partial charge in [-0.3, -0.25) is 9.59 Å². The van der Waals surface area contributed by atoms with E-state index in [4.69, 9.17) is 9.47 Å². The summed E-state index contributed by atoms with van der Waals surface area (Å²) in [4.78, 5) is 39.1. The molecule has 0 aromatic heterocycles. The quantitative estimate of drug-likeness (QED) is 0.651. The Morgan fingerprint density at radius 2 is 1.70 bits per heavy atom. The van der Waals surface area contributed by atoms with Crippen LogP contribution >= 0.6 is 0 Å². The maximum atomic E-state index is 12.2. The van der Waals surface area contributed by atoms with Crippen molar-refractivity contribution in [3.63, 3.8) is 0 Å². The number of rotatable bonds is 8. The lowest BCUT2D eigenvalue weighted by Gasteiger charge is -2.30. The summed E-state index contributed by atoms with van der Waals surface area (Å²) in [6, 6.07) is 7.06. The first-order valence-corrected chi connectivity index (χ1v) is 9.29. The summed E-state index contributed by atoms with van der Waals surface area (Å²) >= 11 is 0. The Balaban J connectivity index is 1.78. The third kappa shape index (κ3) is 5.70. The zero-order chi connectivity index (χ0) is 20.0. The van der Waals surface area contributed by atoms with Gasteiger partial charge in [0.1, 0.15) is 5.75 Å². The molecule has 1 aromatic carbocycles. The number of amides is 2. The molecule has 1 aromatic rings. The molecule has 0 spiro atoms. The van der Waals surface area contributed by atoms with Crippen molar-refractivity contribution in [1.29, 1.82) is 0 Å². The molecule has 0 unspecified atom stereocenters. The van der Waals surface area contributed by atoms with Gasteiger partial charge in [0, 0.05) is 30.7 Å². The van der Waals surface area contributed by atoms with Gasteiger partial charge in [0.2, 0.25) is 5.91 Å². The van der Waals surface area contributed by atoms with Gasteiger partial charge in [-0.15, -0.1) is 0 Å². The third-order valence-corrected chi connectivity index (χ3v) is 4.34. The lowest BCUT2D eigenvalue weighted by molar-refractivity contribution is -0.155. The van der Waals surface area contributed by atoms with Crippen molar-refractivity contribution >= 4 is 23.5 Å². The van der Waals surface area contributed by atoms with Gasteiger partial charge in [-0.05, 0) is 58.4 Å². The predicted octanol–water partition coefficient (Wildman–Crippen LogP) is 2.38. The molecule has 1 aliphatic heterocycles. The minimum Gasteiger partial charge on any atom is -0.482 e. The van der Waals surface area contributed by atoms with Crippen molar-refractivity contribution in [3.8, 4) is 5.75 Å². The highest BCUT2D eigenvalue weighted by Crippen LogP contribution is 2.23. The average molecular weight is 376 g/mol. The van der Waals surface area contributed by atoms with Crippen molar-refractivity contribution in [1.82, 2.24) is 4.90 Å². The van der Waals surface area contributed by atoms with Crippen LogP contribution in [-0.4, -0.2) is 54.5 Å². The fourth-order valence-corrected chi connectivity index (χ4v) is 3.22. The number of esters is 1. The Bertz CT molecular complexity index is 661. The topological polar surface area (TPSA) is 76.2 Å². The zero-order valence-electron chi connectivity index (χ0n) is 16.4. The number of benzene rings is 1. The normalized spacial score (nSPS) is 14.0. The zero-order valence-corrected chi connectivity index (χ0v) is 16.4. The molecule has 7 nitrogen and oxygen atoms in total. The van der Waals surface area contributed by atoms with E-state index in [0.717, 1.165) is 18.7 Å². The Morgan fingerprint density at radius 1 is 1.07 bits per heavy atom. The van der Waals surface area contributed by atoms with E-state index in [0.29, 0.717) is 12.2 Å². The molecule has 1 aliphatic rings. The first-order chi connectivity index (χ1) is 12.8. The number of carbonyl (C=O) groups excluding carboxylic acids is 3. The van der Waals surface area contributed by atoms with E-state index < -0.39 is 5.97 Å². The van der Waals surface area contributed by atoms with Crippen molar-refractivity contribution in [3.05, 3.63) is 24.3 Å². The molecular formula is C20H28N2O5. The standard InChI is InChI=1S/C20H28N2O5/c1-14(2)22(15(3)4)19(24)12-27-20(25)13-26-17-9-7-16(8-10-17)21-11-5-6-18(21)23/h7-10,14-15H,5-6,11-13H2,1-4H3. The van der Waals surface area contributed by atoms with E-state index >= 15 is 0 Å². The predicted molar refractivity (Wildman–Crippen MR) is 102 cm³/mol. The second kappa shape index (κ2) is 9.39. The number of carbonyl (C=O) groups is 3. The lowest BCUT2D eigenvalue weighted by Crippen LogP contribution is -2.44. The molecule has 1 heterocycles. The second-order valence-electron chi connectivity index (χ2n) is 7.08. The molecular weight excluding hydrogens is 348 g/mol. The summed E-state index contributed by atoms with van der Waals surface area (Å²) in [5, 5.41) is 0. The SMILES string of the molecule is CC(C)N(C(=O)COC(=O)COc1ccc(N2CCCC2=O)cc1)C(C)C. The van der Waals surface area contributed by atoms with Crippen LogP contribution in [0.5, 0.6) is 5.75 Å². The molecule has 0 bridgehead atoms. The van der Waals surface area contributed by atoms with Crippen LogP contribution in [0, 0.1) is 0 Å². The van der Waals surface area contributed by atoms with Crippen molar-refractivity contribution in [2.75, 3.05) is 24.7 Å². The Labute approximate surface area is 160 Å². The molecule has 1 fully saturated rings. The number of ether oxygens (including phenoxy) is 2. The third-order valence-electron chi connectivity index (χ3n) is 4.34. The molecule has 0 radical (unpaired) electrons. The number of hydrogen-bond acceptors (Lipinski definition) is 5. The van der Waals surface area contributed by atoms with E-state index in [-0.39, 0.29) is 37.1 Å². The van der Waals surface area contributed by atoms with Crippen LogP contribution in [0.1, 0.15) is 40.5 Å². The Kier molecular flexibility index (Phi) is 7.21. The van der Waals surface area contributed by atoms with E-state index in [2.05, 4.69) is 0 Å². The number of anilines is 1. The molecule has 7 heteroatoms. The minimum absolute atomic E-state index is 0.0356. The fraction of sp³-hybridized carbons (Fsp3) is 0.550. The summed E-state index contributed by atoms with van der Waals surface area (Å²) < 4.78 is 10.4. The molecule has 0 aliphatic carbocycles. The van der Waals surface area contributed by atoms with E-state index in [1.54, 1.807) is 34.1 Å². The van der Waals surface area contributed by atoms with Crippen LogP contribution in [0.3, 0.4) is 0 Å².